The van der Waals surface area contributed by atoms with Gasteiger partial charge in [0.1, 0.15) is 11.5 Å². The van der Waals surface area contributed by atoms with Crippen molar-refractivity contribution in [3.05, 3.63) is 52.6 Å². The zero-order valence-corrected chi connectivity index (χ0v) is 15.7. The van der Waals surface area contributed by atoms with Crippen molar-refractivity contribution in [2.45, 2.75) is 13.5 Å². The van der Waals surface area contributed by atoms with Crippen LogP contribution in [0.3, 0.4) is 0 Å². The van der Waals surface area contributed by atoms with Crippen LogP contribution in [0.1, 0.15) is 23.0 Å². The maximum atomic E-state index is 13.5. The van der Waals surface area contributed by atoms with Crippen molar-refractivity contribution in [1.82, 2.24) is 19.6 Å². The summed E-state index contributed by atoms with van der Waals surface area (Å²) in [5, 5.41) is 4.46. The summed E-state index contributed by atoms with van der Waals surface area (Å²) in [6.07, 6.45) is 1.53. The Hall–Kier alpha value is -2.25. The molecule has 2 unspecified atom stereocenters. The molecule has 142 valence electrons. The SMILES string of the molecule is CC(=O)c1ccn(C(=O)N2CC3CN(Cc4cc(F)cc(Cl)c4)CC3C2)n1. The molecule has 2 saturated heterocycles. The molecular weight excluding hydrogens is 371 g/mol. The molecule has 27 heavy (non-hydrogen) atoms. The number of rotatable bonds is 3. The number of aromatic nitrogens is 2. The van der Waals surface area contributed by atoms with Crippen LogP contribution in [0, 0.1) is 17.7 Å². The van der Waals surface area contributed by atoms with E-state index < -0.39 is 0 Å². The number of fused-ring (bicyclic) bond motifs is 1. The van der Waals surface area contributed by atoms with Crippen molar-refractivity contribution in [2.75, 3.05) is 26.2 Å². The maximum absolute atomic E-state index is 13.5. The first-order valence-corrected chi connectivity index (χ1v) is 9.30. The highest BCUT2D eigenvalue weighted by Gasteiger charge is 2.41. The highest BCUT2D eigenvalue weighted by Crippen LogP contribution is 2.32. The molecular formula is C19H20ClFN4O2. The molecule has 0 N–H and O–H groups in total. The molecule has 0 bridgehead atoms. The lowest BCUT2D eigenvalue weighted by Gasteiger charge is -2.21. The summed E-state index contributed by atoms with van der Waals surface area (Å²) in [4.78, 5) is 28.0. The van der Waals surface area contributed by atoms with Gasteiger partial charge in [-0.15, -0.1) is 0 Å². The predicted molar refractivity (Wildman–Crippen MR) is 98.3 cm³/mol. The van der Waals surface area contributed by atoms with Crippen molar-refractivity contribution >= 4 is 23.4 Å². The van der Waals surface area contributed by atoms with Gasteiger partial charge in [0.05, 0.1) is 0 Å². The predicted octanol–water partition coefficient (Wildman–Crippen LogP) is 2.91. The molecule has 1 aromatic carbocycles. The second kappa shape index (κ2) is 7.05. The number of amides is 1. The second-order valence-corrected chi connectivity index (χ2v) is 7.82. The Bertz CT molecular complexity index is 865. The molecule has 0 aliphatic carbocycles. The van der Waals surface area contributed by atoms with Gasteiger partial charge in [-0.25, -0.2) is 9.18 Å². The number of benzene rings is 1. The monoisotopic (exact) mass is 390 g/mol. The van der Waals surface area contributed by atoms with E-state index in [1.54, 1.807) is 17.0 Å². The van der Waals surface area contributed by atoms with Crippen molar-refractivity contribution in [3.63, 3.8) is 0 Å². The quantitative estimate of drug-likeness (QED) is 0.756. The first-order valence-electron chi connectivity index (χ1n) is 8.92. The van der Waals surface area contributed by atoms with E-state index in [0.29, 0.717) is 42.2 Å². The zero-order chi connectivity index (χ0) is 19.1. The number of hydrogen-bond acceptors (Lipinski definition) is 4. The first-order chi connectivity index (χ1) is 12.9. The third-order valence-corrected chi connectivity index (χ3v) is 5.52. The standard InChI is InChI=1S/C19H20ClFN4O2/c1-12(26)18-2-3-25(22-18)19(27)24-10-14-8-23(9-15(14)11-24)7-13-4-16(20)6-17(21)5-13/h2-6,14-15H,7-11H2,1H3. The van der Waals surface area contributed by atoms with Gasteiger partial charge < -0.3 is 4.90 Å². The van der Waals surface area contributed by atoms with E-state index in [1.165, 1.54) is 29.9 Å². The molecule has 8 heteroatoms. The molecule has 2 atom stereocenters. The van der Waals surface area contributed by atoms with Gasteiger partial charge in [-0.05, 0) is 41.7 Å². The molecule has 1 aromatic heterocycles. The van der Waals surface area contributed by atoms with Crippen LogP contribution < -0.4 is 0 Å². The summed E-state index contributed by atoms with van der Waals surface area (Å²) in [7, 11) is 0. The van der Waals surface area contributed by atoms with Crippen LogP contribution >= 0.6 is 11.6 Å². The topological polar surface area (TPSA) is 58.4 Å². The summed E-state index contributed by atoms with van der Waals surface area (Å²) < 4.78 is 14.7. The number of halogens is 2. The van der Waals surface area contributed by atoms with Crippen molar-refractivity contribution < 1.29 is 14.0 Å². The van der Waals surface area contributed by atoms with E-state index in [-0.39, 0.29) is 17.6 Å². The van der Waals surface area contributed by atoms with E-state index in [1.807, 2.05) is 0 Å². The van der Waals surface area contributed by atoms with E-state index in [2.05, 4.69) is 10.00 Å². The molecule has 2 aliphatic rings. The van der Waals surface area contributed by atoms with E-state index in [0.717, 1.165) is 18.7 Å². The first kappa shape index (κ1) is 18.1. The molecule has 3 heterocycles. The molecule has 0 saturated carbocycles. The van der Waals surface area contributed by atoms with Gasteiger partial charge in [0.25, 0.3) is 0 Å². The van der Waals surface area contributed by atoms with Crippen LogP contribution in [0.25, 0.3) is 0 Å². The van der Waals surface area contributed by atoms with Gasteiger partial charge in [0, 0.05) is 50.9 Å². The van der Waals surface area contributed by atoms with Crippen molar-refractivity contribution in [3.8, 4) is 0 Å². The van der Waals surface area contributed by atoms with Crippen LogP contribution in [0.2, 0.25) is 5.02 Å². The van der Waals surface area contributed by atoms with Gasteiger partial charge in [-0.2, -0.15) is 9.78 Å². The lowest BCUT2D eigenvalue weighted by Crippen LogP contribution is -2.36. The summed E-state index contributed by atoms with van der Waals surface area (Å²) in [5.74, 6) is 0.299. The minimum Gasteiger partial charge on any atom is -0.322 e. The molecule has 4 rings (SSSR count). The fraction of sp³-hybridized carbons (Fsp3) is 0.421. The fourth-order valence-corrected chi connectivity index (χ4v) is 4.34. The average molecular weight is 391 g/mol. The third-order valence-electron chi connectivity index (χ3n) is 5.31. The molecule has 0 spiro atoms. The smallest absolute Gasteiger partial charge is 0.322 e. The number of likely N-dealkylation sites (tertiary alicyclic amines) is 2. The van der Waals surface area contributed by atoms with E-state index in [9.17, 15) is 14.0 Å². The number of carbonyl (C=O) groups excluding carboxylic acids is 2. The Morgan fingerprint density at radius 3 is 2.48 bits per heavy atom. The summed E-state index contributed by atoms with van der Waals surface area (Å²) in [6, 6.07) is 5.97. The van der Waals surface area contributed by atoms with Crippen LogP contribution in [-0.4, -0.2) is 57.6 Å². The van der Waals surface area contributed by atoms with E-state index in [4.69, 9.17) is 11.6 Å². The molecule has 6 nitrogen and oxygen atoms in total. The molecule has 2 aliphatic heterocycles. The Morgan fingerprint density at radius 2 is 1.89 bits per heavy atom. The van der Waals surface area contributed by atoms with Crippen LogP contribution in [-0.2, 0) is 6.54 Å². The van der Waals surface area contributed by atoms with Gasteiger partial charge in [-0.3, -0.25) is 9.69 Å². The lowest BCUT2D eigenvalue weighted by molar-refractivity contribution is 0.101. The number of ketones is 1. The van der Waals surface area contributed by atoms with E-state index >= 15 is 0 Å². The van der Waals surface area contributed by atoms with Gasteiger partial charge >= 0.3 is 6.03 Å². The highest BCUT2D eigenvalue weighted by molar-refractivity contribution is 6.30. The Balaban J connectivity index is 1.36. The van der Waals surface area contributed by atoms with Gasteiger partial charge in [0.15, 0.2) is 5.78 Å². The minimum absolute atomic E-state index is 0.159. The molecule has 2 fully saturated rings. The van der Waals surface area contributed by atoms with Crippen molar-refractivity contribution in [2.24, 2.45) is 11.8 Å². The Labute approximate surface area is 161 Å². The van der Waals surface area contributed by atoms with Crippen LogP contribution in [0.5, 0.6) is 0 Å². The summed E-state index contributed by atoms with van der Waals surface area (Å²) in [6.45, 7) is 5.14. The molecule has 0 radical (unpaired) electrons. The number of Topliss-reactive ketones (excluding diaryl/α,β-unsaturated/α-hetero) is 1. The lowest BCUT2D eigenvalue weighted by atomic mass is 10.0. The molecule has 2 aromatic rings. The summed E-state index contributed by atoms with van der Waals surface area (Å²) >= 11 is 5.93. The van der Waals surface area contributed by atoms with Gasteiger partial charge in [0.2, 0.25) is 0 Å². The van der Waals surface area contributed by atoms with Crippen molar-refractivity contribution in [1.29, 1.82) is 0 Å². The fourth-order valence-electron chi connectivity index (χ4n) is 4.10. The Morgan fingerprint density at radius 1 is 1.19 bits per heavy atom. The van der Waals surface area contributed by atoms with Crippen LogP contribution in [0.15, 0.2) is 30.5 Å². The number of hydrogen-bond donors (Lipinski definition) is 0. The second-order valence-electron chi connectivity index (χ2n) is 7.38. The molecule has 1 amide bonds. The maximum Gasteiger partial charge on any atom is 0.344 e. The third kappa shape index (κ3) is 3.75. The normalized spacial score (nSPS) is 22.3. The number of nitrogens with zero attached hydrogens (tertiary/aromatic N) is 4. The highest BCUT2D eigenvalue weighted by atomic mass is 35.5. The largest absolute Gasteiger partial charge is 0.344 e. The number of carbonyl (C=O) groups is 2. The van der Waals surface area contributed by atoms with Crippen LogP contribution in [0.4, 0.5) is 9.18 Å². The zero-order valence-electron chi connectivity index (χ0n) is 14.9. The van der Waals surface area contributed by atoms with Gasteiger partial charge in [-0.1, -0.05) is 11.6 Å². The summed E-state index contributed by atoms with van der Waals surface area (Å²) in [5.41, 5.74) is 1.16. The Kier molecular flexibility index (Phi) is 4.74. The average Bonchev–Trinajstić information content (AvgIpc) is 3.27. The minimum atomic E-state index is -0.321.